The Bertz CT molecular complexity index is 726. The number of aromatic carboxylic acids is 1. The number of hydrogen-bond donors (Lipinski definition) is 1. The summed E-state index contributed by atoms with van der Waals surface area (Å²) < 4.78 is 11.5. The number of carbonyl (C=O) groups is 1. The molecule has 0 aliphatic carbocycles. The predicted molar refractivity (Wildman–Crippen MR) is 96.8 cm³/mol. The fourth-order valence-corrected chi connectivity index (χ4v) is 3.76. The van der Waals surface area contributed by atoms with Crippen molar-refractivity contribution in [3.05, 3.63) is 29.3 Å². The molecule has 0 spiro atoms. The van der Waals surface area contributed by atoms with E-state index in [9.17, 15) is 4.79 Å². The normalized spacial score (nSPS) is 15.1. The van der Waals surface area contributed by atoms with Crippen LogP contribution in [0.15, 0.2) is 23.6 Å². The molecule has 134 valence electrons. The van der Waals surface area contributed by atoms with Gasteiger partial charge >= 0.3 is 5.97 Å². The average Bonchev–Trinajstić information content (AvgIpc) is 3.13. The van der Waals surface area contributed by atoms with Gasteiger partial charge in [0.15, 0.2) is 17.2 Å². The van der Waals surface area contributed by atoms with Crippen molar-refractivity contribution in [2.45, 2.75) is 19.3 Å². The number of benzene rings is 1. The van der Waals surface area contributed by atoms with E-state index < -0.39 is 5.97 Å². The van der Waals surface area contributed by atoms with Gasteiger partial charge in [-0.2, -0.15) is 0 Å². The molecule has 1 aromatic carbocycles. The van der Waals surface area contributed by atoms with E-state index in [0.29, 0.717) is 23.1 Å². The quantitative estimate of drug-likeness (QED) is 0.814. The van der Waals surface area contributed by atoms with E-state index in [-0.39, 0.29) is 5.69 Å². The van der Waals surface area contributed by atoms with E-state index in [0.717, 1.165) is 25.2 Å². The molecule has 1 N–H and O–H groups in total. The zero-order valence-electron chi connectivity index (χ0n) is 14.2. The standard InChI is InChI=1S/C18H22N2O4S/c1-23-15-7-5-6-13(17-19-14(12-25-17)18(21)22)16(15)24-11-10-20-8-3-2-4-9-20/h5-7,12H,2-4,8-11H2,1H3,(H,21,22). The number of ether oxygens (including phenoxy) is 2. The van der Waals surface area contributed by atoms with Crippen LogP contribution in [0.2, 0.25) is 0 Å². The summed E-state index contributed by atoms with van der Waals surface area (Å²) in [5.41, 5.74) is 0.803. The highest BCUT2D eigenvalue weighted by atomic mass is 32.1. The van der Waals surface area contributed by atoms with Crippen LogP contribution in [0.1, 0.15) is 29.8 Å². The number of methoxy groups -OCH3 is 1. The molecule has 0 bridgehead atoms. The summed E-state index contributed by atoms with van der Waals surface area (Å²) in [5, 5.41) is 11.2. The molecular formula is C18H22N2O4S. The molecule has 2 heterocycles. The van der Waals surface area contributed by atoms with Crippen LogP contribution in [0, 0.1) is 0 Å². The highest BCUT2D eigenvalue weighted by Crippen LogP contribution is 2.39. The molecule has 0 atom stereocenters. The number of rotatable bonds is 7. The highest BCUT2D eigenvalue weighted by molar-refractivity contribution is 7.13. The van der Waals surface area contributed by atoms with Gasteiger partial charge in [0.25, 0.3) is 0 Å². The van der Waals surface area contributed by atoms with E-state index >= 15 is 0 Å². The van der Waals surface area contributed by atoms with Gasteiger partial charge < -0.3 is 14.6 Å². The van der Waals surface area contributed by atoms with Gasteiger partial charge in [-0.05, 0) is 38.1 Å². The minimum Gasteiger partial charge on any atom is -0.493 e. The molecule has 2 aromatic rings. The van der Waals surface area contributed by atoms with Crippen LogP contribution in [-0.2, 0) is 0 Å². The van der Waals surface area contributed by atoms with Crippen LogP contribution in [-0.4, -0.2) is 54.3 Å². The smallest absolute Gasteiger partial charge is 0.355 e. The summed E-state index contributed by atoms with van der Waals surface area (Å²) in [6.45, 7) is 3.67. The van der Waals surface area contributed by atoms with Crippen LogP contribution < -0.4 is 9.47 Å². The maximum atomic E-state index is 11.1. The lowest BCUT2D eigenvalue weighted by Crippen LogP contribution is -2.33. The van der Waals surface area contributed by atoms with Crippen LogP contribution in [0.4, 0.5) is 0 Å². The van der Waals surface area contributed by atoms with Crippen molar-refractivity contribution < 1.29 is 19.4 Å². The first-order chi connectivity index (χ1) is 12.2. The van der Waals surface area contributed by atoms with Gasteiger partial charge in [0.1, 0.15) is 11.6 Å². The molecule has 1 aromatic heterocycles. The van der Waals surface area contributed by atoms with Gasteiger partial charge in [-0.1, -0.05) is 12.5 Å². The molecule has 1 aliphatic heterocycles. The molecule has 1 saturated heterocycles. The third kappa shape index (κ3) is 4.29. The van der Waals surface area contributed by atoms with Crippen LogP contribution >= 0.6 is 11.3 Å². The number of carboxylic acid groups (broad SMARTS) is 1. The molecule has 1 aliphatic rings. The largest absolute Gasteiger partial charge is 0.493 e. The summed E-state index contributed by atoms with van der Waals surface area (Å²) in [6.07, 6.45) is 3.80. The maximum Gasteiger partial charge on any atom is 0.355 e. The van der Waals surface area contributed by atoms with Crippen LogP contribution in [0.5, 0.6) is 11.5 Å². The highest BCUT2D eigenvalue weighted by Gasteiger charge is 2.18. The fraction of sp³-hybridized carbons (Fsp3) is 0.444. The molecule has 0 unspecified atom stereocenters. The fourth-order valence-electron chi connectivity index (χ4n) is 2.95. The minimum atomic E-state index is -1.03. The average molecular weight is 362 g/mol. The lowest BCUT2D eigenvalue weighted by Gasteiger charge is -2.26. The first kappa shape index (κ1) is 17.7. The number of carboxylic acids is 1. The Labute approximate surface area is 151 Å². The maximum absolute atomic E-state index is 11.1. The zero-order chi connectivity index (χ0) is 17.6. The van der Waals surface area contributed by atoms with Crippen molar-refractivity contribution in [3.8, 4) is 22.1 Å². The van der Waals surface area contributed by atoms with Gasteiger partial charge in [-0.25, -0.2) is 9.78 Å². The third-order valence-corrected chi connectivity index (χ3v) is 5.13. The van der Waals surface area contributed by atoms with E-state index in [1.165, 1.54) is 36.0 Å². The molecule has 3 rings (SSSR count). The van der Waals surface area contributed by atoms with E-state index in [2.05, 4.69) is 9.88 Å². The van der Waals surface area contributed by atoms with Crippen molar-refractivity contribution in [2.75, 3.05) is 33.4 Å². The molecule has 7 heteroatoms. The molecular weight excluding hydrogens is 340 g/mol. The molecule has 0 amide bonds. The topological polar surface area (TPSA) is 71.9 Å². The Kier molecular flexibility index (Phi) is 5.88. The van der Waals surface area contributed by atoms with Crippen LogP contribution in [0.25, 0.3) is 10.6 Å². The Morgan fingerprint density at radius 2 is 2.12 bits per heavy atom. The van der Waals surface area contributed by atoms with Crippen molar-refractivity contribution in [3.63, 3.8) is 0 Å². The molecule has 25 heavy (non-hydrogen) atoms. The second-order valence-electron chi connectivity index (χ2n) is 5.93. The van der Waals surface area contributed by atoms with Crippen molar-refractivity contribution in [1.82, 2.24) is 9.88 Å². The van der Waals surface area contributed by atoms with E-state index in [4.69, 9.17) is 14.6 Å². The van der Waals surface area contributed by atoms with Gasteiger partial charge in [-0.3, -0.25) is 4.90 Å². The first-order valence-electron chi connectivity index (χ1n) is 8.40. The van der Waals surface area contributed by atoms with Crippen molar-refractivity contribution in [2.24, 2.45) is 0 Å². The number of likely N-dealkylation sites (tertiary alicyclic amines) is 1. The third-order valence-electron chi connectivity index (χ3n) is 4.26. The number of para-hydroxylation sites is 1. The number of hydrogen-bond acceptors (Lipinski definition) is 6. The summed E-state index contributed by atoms with van der Waals surface area (Å²) in [7, 11) is 1.60. The predicted octanol–water partition coefficient (Wildman–Crippen LogP) is 3.38. The SMILES string of the molecule is COc1cccc(-c2nc(C(=O)O)cs2)c1OCCN1CCCCC1. The molecule has 0 saturated carbocycles. The van der Waals surface area contributed by atoms with E-state index in [1.807, 2.05) is 18.2 Å². The first-order valence-corrected chi connectivity index (χ1v) is 9.28. The second-order valence-corrected chi connectivity index (χ2v) is 6.79. The number of thiazole rings is 1. The van der Waals surface area contributed by atoms with Gasteiger partial charge in [0.05, 0.1) is 12.7 Å². The number of nitrogens with zero attached hydrogens (tertiary/aromatic N) is 2. The van der Waals surface area contributed by atoms with Gasteiger partial charge in [-0.15, -0.1) is 11.3 Å². The molecule has 6 nitrogen and oxygen atoms in total. The zero-order valence-corrected chi connectivity index (χ0v) is 15.1. The summed E-state index contributed by atoms with van der Waals surface area (Å²) >= 11 is 1.29. The Morgan fingerprint density at radius 1 is 1.32 bits per heavy atom. The van der Waals surface area contributed by atoms with E-state index in [1.54, 1.807) is 7.11 Å². The summed E-state index contributed by atoms with van der Waals surface area (Å²) in [5.74, 6) is 0.217. The summed E-state index contributed by atoms with van der Waals surface area (Å²) in [4.78, 5) is 17.7. The lowest BCUT2D eigenvalue weighted by atomic mass is 10.1. The van der Waals surface area contributed by atoms with Gasteiger partial charge in [0.2, 0.25) is 0 Å². The Hall–Kier alpha value is -2.12. The van der Waals surface area contributed by atoms with Crippen molar-refractivity contribution >= 4 is 17.3 Å². The summed E-state index contributed by atoms with van der Waals surface area (Å²) in [6, 6.07) is 5.57. The monoisotopic (exact) mass is 362 g/mol. The minimum absolute atomic E-state index is 0.0436. The molecule has 1 fully saturated rings. The number of piperidine rings is 1. The van der Waals surface area contributed by atoms with Crippen molar-refractivity contribution in [1.29, 1.82) is 0 Å². The number of aromatic nitrogens is 1. The van der Waals surface area contributed by atoms with Crippen LogP contribution in [0.3, 0.4) is 0 Å². The molecule has 0 radical (unpaired) electrons. The van der Waals surface area contributed by atoms with Gasteiger partial charge in [0, 0.05) is 11.9 Å². The second kappa shape index (κ2) is 8.31. The lowest BCUT2D eigenvalue weighted by molar-refractivity contribution is 0.0691. The Morgan fingerprint density at radius 3 is 2.80 bits per heavy atom. The Balaban J connectivity index is 1.77.